The molecule has 0 aliphatic rings. The average molecular weight is 160 g/mol. The summed E-state index contributed by atoms with van der Waals surface area (Å²) in [6.45, 7) is 1.61. The predicted molar refractivity (Wildman–Crippen MR) is 40.6 cm³/mol. The summed E-state index contributed by atoms with van der Waals surface area (Å²) in [5.74, 6) is -0.356. The fraction of sp³-hybridized carbons (Fsp3) is 0.143. The minimum Gasteiger partial charge on any atom is -0.398 e. The first-order chi connectivity index (χ1) is 4.61. The quantitative estimate of drug-likeness (QED) is 0.578. The van der Waals surface area contributed by atoms with Gasteiger partial charge in [-0.25, -0.2) is 4.39 Å². The summed E-state index contributed by atoms with van der Waals surface area (Å²) in [4.78, 5) is 0. The molecule has 1 rings (SSSR count). The zero-order valence-electron chi connectivity index (χ0n) is 5.49. The van der Waals surface area contributed by atoms with Crippen molar-refractivity contribution in [3.05, 3.63) is 28.5 Å². The fourth-order valence-corrected chi connectivity index (χ4v) is 0.879. The Bertz CT molecular complexity index is 237. The molecular formula is C7H7ClFN. The van der Waals surface area contributed by atoms with Crippen molar-refractivity contribution >= 4 is 17.3 Å². The van der Waals surface area contributed by atoms with Gasteiger partial charge in [0.1, 0.15) is 5.82 Å². The number of hydrogen-bond donors (Lipinski definition) is 1. The van der Waals surface area contributed by atoms with Crippen molar-refractivity contribution in [3.63, 3.8) is 0 Å². The van der Waals surface area contributed by atoms with E-state index in [0.29, 0.717) is 16.3 Å². The molecule has 0 saturated heterocycles. The maximum absolute atomic E-state index is 12.7. The minimum absolute atomic E-state index is 0.334. The number of nitrogens with two attached hydrogens (primary N) is 1. The highest BCUT2D eigenvalue weighted by Crippen LogP contribution is 2.20. The normalized spacial score (nSPS) is 9.90. The Morgan fingerprint density at radius 2 is 2.10 bits per heavy atom. The van der Waals surface area contributed by atoms with Gasteiger partial charge in [0.25, 0.3) is 0 Å². The standard InChI is InChI=1S/C7H7ClFN/c1-4-6(9)2-5(8)3-7(4)10/h2-3H,10H2,1H3. The third-order valence-corrected chi connectivity index (χ3v) is 1.57. The van der Waals surface area contributed by atoms with Crippen molar-refractivity contribution in [1.29, 1.82) is 0 Å². The smallest absolute Gasteiger partial charge is 0.129 e. The van der Waals surface area contributed by atoms with E-state index in [9.17, 15) is 4.39 Å². The number of rotatable bonds is 0. The molecule has 0 aromatic heterocycles. The Morgan fingerprint density at radius 1 is 1.50 bits per heavy atom. The van der Waals surface area contributed by atoms with Crippen LogP contribution in [0.2, 0.25) is 5.02 Å². The van der Waals surface area contributed by atoms with E-state index in [1.807, 2.05) is 0 Å². The molecule has 0 fully saturated rings. The molecule has 10 heavy (non-hydrogen) atoms. The van der Waals surface area contributed by atoms with E-state index in [2.05, 4.69) is 0 Å². The molecule has 0 spiro atoms. The second-order valence-electron chi connectivity index (χ2n) is 2.10. The third kappa shape index (κ3) is 1.21. The zero-order valence-corrected chi connectivity index (χ0v) is 6.24. The number of anilines is 1. The zero-order chi connectivity index (χ0) is 7.72. The summed E-state index contributed by atoms with van der Waals surface area (Å²) in [5, 5.41) is 0.334. The molecule has 0 atom stereocenters. The van der Waals surface area contributed by atoms with Crippen LogP contribution in [0.5, 0.6) is 0 Å². The lowest BCUT2D eigenvalue weighted by Crippen LogP contribution is -1.92. The van der Waals surface area contributed by atoms with Crippen LogP contribution in [0.1, 0.15) is 5.56 Å². The van der Waals surface area contributed by atoms with Crippen molar-refractivity contribution < 1.29 is 4.39 Å². The van der Waals surface area contributed by atoms with E-state index in [1.54, 1.807) is 6.92 Å². The van der Waals surface area contributed by atoms with Crippen LogP contribution in [0, 0.1) is 12.7 Å². The molecule has 0 unspecified atom stereocenters. The minimum atomic E-state index is -0.356. The van der Waals surface area contributed by atoms with E-state index in [4.69, 9.17) is 17.3 Å². The van der Waals surface area contributed by atoms with Gasteiger partial charge in [-0.05, 0) is 19.1 Å². The van der Waals surface area contributed by atoms with Gasteiger partial charge in [-0.1, -0.05) is 11.6 Å². The lowest BCUT2D eigenvalue weighted by atomic mass is 10.2. The van der Waals surface area contributed by atoms with E-state index >= 15 is 0 Å². The van der Waals surface area contributed by atoms with Gasteiger partial charge in [-0.2, -0.15) is 0 Å². The monoisotopic (exact) mass is 159 g/mol. The number of benzene rings is 1. The highest BCUT2D eigenvalue weighted by Gasteiger charge is 2.01. The molecule has 0 saturated carbocycles. The molecule has 0 aliphatic heterocycles. The lowest BCUT2D eigenvalue weighted by Gasteiger charge is -2.00. The van der Waals surface area contributed by atoms with Crippen LogP contribution >= 0.6 is 11.6 Å². The largest absolute Gasteiger partial charge is 0.398 e. The van der Waals surface area contributed by atoms with Crippen LogP contribution in [-0.4, -0.2) is 0 Å². The van der Waals surface area contributed by atoms with Crippen LogP contribution in [0.15, 0.2) is 12.1 Å². The van der Waals surface area contributed by atoms with Crippen LogP contribution < -0.4 is 5.73 Å². The Morgan fingerprint density at radius 3 is 2.60 bits per heavy atom. The summed E-state index contributed by atoms with van der Waals surface area (Å²) < 4.78 is 12.7. The summed E-state index contributed by atoms with van der Waals surface area (Å²) in [6, 6.07) is 2.77. The Kier molecular flexibility index (Phi) is 1.81. The lowest BCUT2D eigenvalue weighted by molar-refractivity contribution is 0.619. The molecule has 54 valence electrons. The summed E-state index contributed by atoms with van der Waals surface area (Å²) in [7, 11) is 0. The average Bonchev–Trinajstić information content (AvgIpc) is 1.82. The molecule has 3 heteroatoms. The Hall–Kier alpha value is -0.760. The molecule has 0 bridgehead atoms. The van der Waals surface area contributed by atoms with Gasteiger partial charge in [0, 0.05) is 16.3 Å². The first-order valence-corrected chi connectivity index (χ1v) is 3.20. The Balaban J connectivity index is 3.31. The predicted octanol–water partition coefficient (Wildman–Crippen LogP) is 2.37. The molecule has 1 nitrogen and oxygen atoms in total. The van der Waals surface area contributed by atoms with Crippen molar-refractivity contribution in [3.8, 4) is 0 Å². The van der Waals surface area contributed by atoms with Crippen LogP contribution in [0.4, 0.5) is 10.1 Å². The molecule has 0 amide bonds. The fourth-order valence-electron chi connectivity index (χ4n) is 0.666. The molecule has 0 heterocycles. The van der Waals surface area contributed by atoms with Gasteiger partial charge in [-0.15, -0.1) is 0 Å². The maximum atomic E-state index is 12.7. The van der Waals surface area contributed by atoms with E-state index in [-0.39, 0.29) is 5.82 Å². The van der Waals surface area contributed by atoms with Gasteiger partial charge in [-0.3, -0.25) is 0 Å². The van der Waals surface area contributed by atoms with Crippen LogP contribution in [0.25, 0.3) is 0 Å². The number of halogens is 2. The topological polar surface area (TPSA) is 26.0 Å². The van der Waals surface area contributed by atoms with Gasteiger partial charge in [0.05, 0.1) is 0 Å². The van der Waals surface area contributed by atoms with Crippen molar-refractivity contribution in [1.82, 2.24) is 0 Å². The van der Waals surface area contributed by atoms with Crippen LogP contribution in [-0.2, 0) is 0 Å². The SMILES string of the molecule is Cc1c(N)cc(Cl)cc1F. The molecule has 1 aromatic rings. The van der Waals surface area contributed by atoms with Gasteiger partial charge in [0.2, 0.25) is 0 Å². The first-order valence-electron chi connectivity index (χ1n) is 2.82. The third-order valence-electron chi connectivity index (χ3n) is 1.35. The number of nitrogen functional groups attached to an aromatic ring is 1. The second kappa shape index (κ2) is 2.46. The molecule has 0 aliphatic carbocycles. The van der Waals surface area contributed by atoms with Crippen molar-refractivity contribution in [2.75, 3.05) is 5.73 Å². The van der Waals surface area contributed by atoms with Crippen molar-refractivity contribution in [2.45, 2.75) is 6.92 Å². The van der Waals surface area contributed by atoms with Crippen LogP contribution in [0.3, 0.4) is 0 Å². The molecule has 2 N–H and O–H groups in total. The van der Waals surface area contributed by atoms with E-state index in [1.165, 1.54) is 12.1 Å². The Labute approximate surface area is 63.6 Å². The first kappa shape index (κ1) is 7.35. The highest BCUT2D eigenvalue weighted by atomic mass is 35.5. The summed E-state index contributed by atoms with van der Waals surface area (Å²) in [5.41, 5.74) is 6.24. The van der Waals surface area contributed by atoms with Gasteiger partial charge >= 0.3 is 0 Å². The van der Waals surface area contributed by atoms with E-state index in [0.717, 1.165) is 0 Å². The highest BCUT2D eigenvalue weighted by molar-refractivity contribution is 6.30. The maximum Gasteiger partial charge on any atom is 0.129 e. The van der Waals surface area contributed by atoms with Gasteiger partial charge < -0.3 is 5.73 Å². The molecule has 1 aromatic carbocycles. The van der Waals surface area contributed by atoms with Crippen molar-refractivity contribution in [2.24, 2.45) is 0 Å². The molecular weight excluding hydrogens is 153 g/mol. The van der Waals surface area contributed by atoms with Gasteiger partial charge in [0.15, 0.2) is 0 Å². The molecule has 0 radical (unpaired) electrons. The second-order valence-corrected chi connectivity index (χ2v) is 2.54. The number of hydrogen-bond acceptors (Lipinski definition) is 1. The van der Waals surface area contributed by atoms with E-state index < -0.39 is 0 Å². The summed E-state index contributed by atoms with van der Waals surface area (Å²) in [6.07, 6.45) is 0. The summed E-state index contributed by atoms with van der Waals surface area (Å²) >= 11 is 5.50.